The summed E-state index contributed by atoms with van der Waals surface area (Å²) in [6, 6.07) is 0. The van der Waals surface area contributed by atoms with Crippen molar-refractivity contribution in [2.45, 2.75) is 20.8 Å². The van der Waals surface area contributed by atoms with E-state index in [1.165, 1.54) is 0 Å². The zero-order valence-electron chi connectivity index (χ0n) is 6.47. The van der Waals surface area contributed by atoms with Crippen LogP contribution in [-0.4, -0.2) is 11.7 Å². The van der Waals surface area contributed by atoms with E-state index in [1.54, 1.807) is 7.11 Å². The molecule has 9 heavy (non-hydrogen) atoms. The van der Waals surface area contributed by atoms with Crippen molar-refractivity contribution >= 4 is 4.57 Å². The van der Waals surface area contributed by atoms with E-state index in [9.17, 15) is 0 Å². The maximum absolute atomic E-state index is 5.03. The topological polar surface area (TPSA) is 9.23 Å². The molecule has 2 heteroatoms. The van der Waals surface area contributed by atoms with Gasteiger partial charge < -0.3 is 0 Å². The summed E-state index contributed by atoms with van der Waals surface area (Å²) in [5.41, 5.74) is 0. The molecule has 0 amide bonds. The van der Waals surface area contributed by atoms with Crippen LogP contribution in [0.2, 0.25) is 0 Å². The Morgan fingerprint density at radius 1 is 1.33 bits per heavy atom. The van der Waals surface area contributed by atoms with E-state index in [1.807, 2.05) is 0 Å². The second-order valence-electron chi connectivity index (χ2n) is 2.56. The van der Waals surface area contributed by atoms with Crippen molar-refractivity contribution in [3.8, 4) is 0 Å². The predicted molar refractivity (Wildman–Crippen MR) is 36.0 cm³/mol. The minimum absolute atomic E-state index is 0.523. The molecule has 0 aromatic carbocycles. The van der Waals surface area contributed by atoms with E-state index < -0.39 is 0 Å². The predicted octanol–water partition coefficient (Wildman–Crippen LogP) is 1.60. The first kappa shape index (κ1) is 9.36. The van der Waals surface area contributed by atoms with E-state index >= 15 is 0 Å². The zero-order valence-corrected chi connectivity index (χ0v) is 7.75. The third-order valence-electron chi connectivity index (χ3n) is 1.57. The third kappa shape index (κ3) is 3.15. The van der Waals surface area contributed by atoms with Crippen LogP contribution < -0.4 is 0 Å². The van der Waals surface area contributed by atoms with Crippen LogP contribution in [0.15, 0.2) is 0 Å². The van der Waals surface area contributed by atoms with Crippen molar-refractivity contribution < 1.29 is 20.6 Å². The molecule has 0 bridgehead atoms. The molecule has 54 valence electrons. The SMILES string of the molecule is CO[C](=[Cr])C(C)C(C)C. The van der Waals surface area contributed by atoms with Gasteiger partial charge in [0.2, 0.25) is 0 Å². The molecule has 0 N–H and O–H groups in total. The molecule has 1 atom stereocenters. The van der Waals surface area contributed by atoms with Gasteiger partial charge in [-0.1, -0.05) is 0 Å². The molecule has 0 fully saturated rings. The summed E-state index contributed by atoms with van der Waals surface area (Å²) < 4.78 is 6.04. The molecule has 1 nitrogen and oxygen atoms in total. The van der Waals surface area contributed by atoms with E-state index in [0.717, 1.165) is 4.57 Å². The molecule has 0 aliphatic heterocycles. The molecule has 0 aromatic heterocycles. The van der Waals surface area contributed by atoms with E-state index in [-0.39, 0.29) is 0 Å². The van der Waals surface area contributed by atoms with Crippen molar-refractivity contribution in [2.75, 3.05) is 7.11 Å². The first-order valence-corrected chi connectivity index (χ1v) is 3.81. The minimum atomic E-state index is 0.523. The van der Waals surface area contributed by atoms with Gasteiger partial charge in [-0.05, 0) is 0 Å². The van der Waals surface area contributed by atoms with Gasteiger partial charge in [0.15, 0.2) is 0 Å². The summed E-state index contributed by atoms with van der Waals surface area (Å²) >= 11 is 2.90. The average molecular weight is 166 g/mol. The summed E-state index contributed by atoms with van der Waals surface area (Å²) in [5, 5.41) is 0. The van der Waals surface area contributed by atoms with Gasteiger partial charge in [0.1, 0.15) is 0 Å². The molecule has 0 aliphatic carbocycles. The van der Waals surface area contributed by atoms with E-state index in [4.69, 9.17) is 4.74 Å². The average Bonchev–Trinajstić information content (AvgIpc) is 1.84. The standard InChI is InChI=1S/C7H14O.Cr/c1-6(2)7(3)5-8-4;/h6-7H,1-4H3;. The molecule has 0 radical (unpaired) electrons. The Hall–Kier alpha value is 0.362. The summed E-state index contributed by atoms with van der Waals surface area (Å²) in [7, 11) is 1.70. The van der Waals surface area contributed by atoms with Crippen molar-refractivity contribution in [2.24, 2.45) is 11.8 Å². The van der Waals surface area contributed by atoms with Gasteiger partial charge in [-0.2, -0.15) is 0 Å². The summed E-state index contributed by atoms with van der Waals surface area (Å²) in [6.07, 6.45) is 0. The number of hydrogen-bond acceptors (Lipinski definition) is 1. The van der Waals surface area contributed by atoms with E-state index in [0.29, 0.717) is 11.8 Å². The van der Waals surface area contributed by atoms with Crippen molar-refractivity contribution in [1.82, 2.24) is 0 Å². The first-order chi connectivity index (χ1) is 4.09. The molecule has 0 saturated heterocycles. The third-order valence-corrected chi connectivity index (χ3v) is 2.41. The Balaban J connectivity index is 3.72. The molecule has 0 aromatic rings. The Labute approximate surface area is 65.4 Å². The normalized spacial score (nSPS) is 13.9. The van der Waals surface area contributed by atoms with Crippen molar-refractivity contribution in [3.63, 3.8) is 0 Å². The molecule has 0 rings (SSSR count). The fourth-order valence-electron chi connectivity index (χ4n) is 0.458. The number of hydrogen-bond donors (Lipinski definition) is 0. The van der Waals surface area contributed by atoms with Crippen LogP contribution in [0.5, 0.6) is 0 Å². The van der Waals surface area contributed by atoms with Gasteiger partial charge in [-0.15, -0.1) is 0 Å². The van der Waals surface area contributed by atoms with Gasteiger partial charge in [-0.3, -0.25) is 0 Å². The molecular formula is C7H14CrO. The van der Waals surface area contributed by atoms with Crippen LogP contribution >= 0.6 is 0 Å². The molecule has 0 aliphatic rings. The van der Waals surface area contributed by atoms with Crippen LogP contribution in [0, 0.1) is 11.8 Å². The van der Waals surface area contributed by atoms with Gasteiger partial charge in [0.05, 0.1) is 0 Å². The molecule has 1 unspecified atom stereocenters. The second kappa shape index (κ2) is 4.22. The Kier molecular flexibility index (Phi) is 4.39. The Morgan fingerprint density at radius 2 is 1.78 bits per heavy atom. The fourth-order valence-corrected chi connectivity index (χ4v) is 0.883. The van der Waals surface area contributed by atoms with Crippen LogP contribution in [0.25, 0.3) is 0 Å². The van der Waals surface area contributed by atoms with Crippen molar-refractivity contribution in [3.05, 3.63) is 0 Å². The zero-order chi connectivity index (χ0) is 7.44. The van der Waals surface area contributed by atoms with Crippen LogP contribution in [0.3, 0.4) is 0 Å². The fraction of sp³-hybridized carbons (Fsp3) is 0.857. The quantitative estimate of drug-likeness (QED) is 0.618. The van der Waals surface area contributed by atoms with Gasteiger partial charge in [-0.25, -0.2) is 0 Å². The van der Waals surface area contributed by atoms with Crippen LogP contribution in [0.1, 0.15) is 20.8 Å². The Morgan fingerprint density at radius 3 is 1.89 bits per heavy atom. The summed E-state index contributed by atoms with van der Waals surface area (Å²) in [4.78, 5) is 0. The monoisotopic (exact) mass is 166 g/mol. The van der Waals surface area contributed by atoms with Gasteiger partial charge >= 0.3 is 64.9 Å². The van der Waals surface area contributed by atoms with Gasteiger partial charge in [0.25, 0.3) is 0 Å². The number of methoxy groups -OCH3 is 1. The summed E-state index contributed by atoms with van der Waals surface area (Å²) in [6.45, 7) is 6.52. The first-order valence-electron chi connectivity index (χ1n) is 3.17. The molecule has 0 spiro atoms. The number of rotatable bonds is 3. The molecule has 0 heterocycles. The second-order valence-corrected chi connectivity index (χ2v) is 3.18. The van der Waals surface area contributed by atoms with Crippen LogP contribution in [0.4, 0.5) is 0 Å². The van der Waals surface area contributed by atoms with Crippen LogP contribution in [-0.2, 0) is 20.6 Å². The maximum atomic E-state index is 5.03. The summed E-state index contributed by atoms with van der Waals surface area (Å²) in [5.74, 6) is 1.18. The molecule has 0 saturated carbocycles. The number of ether oxygens (including phenoxy) is 1. The van der Waals surface area contributed by atoms with Crippen molar-refractivity contribution in [1.29, 1.82) is 0 Å². The van der Waals surface area contributed by atoms with Gasteiger partial charge in [0, 0.05) is 0 Å². The van der Waals surface area contributed by atoms with E-state index in [2.05, 4.69) is 36.6 Å². The Bertz CT molecular complexity index is 99.1. The molecular weight excluding hydrogens is 152 g/mol.